The van der Waals surface area contributed by atoms with Gasteiger partial charge in [0, 0.05) is 32.0 Å². The number of benzene rings is 1. The minimum Gasteiger partial charge on any atom is -0.493 e. The molecule has 1 aromatic carbocycles. The second-order valence-corrected chi connectivity index (χ2v) is 6.16. The van der Waals surface area contributed by atoms with Gasteiger partial charge in [-0.25, -0.2) is 4.98 Å². The highest BCUT2D eigenvalue weighted by molar-refractivity contribution is 5.41. The summed E-state index contributed by atoms with van der Waals surface area (Å²) >= 11 is 0. The van der Waals surface area contributed by atoms with Crippen molar-refractivity contribution in [2.75, 3.05) is 13.2 Å². The first-order chi connectivity index (χ1) is 11.2. The van der Waals surface area contributed by atoms with E-state index in [4.69, 9.17) is 11.2 Å². The summed E-state index contributed by atoms with van der Waals surface area (Å²) in [5.41, 5.74) is 5.32. The summed E-state index contributed by atoms with van der Waals surface area (Å²) in [6.07, 6.45) is 9.01. The highest BCUT2D eigenvalue weighted by atomic mass is 16.5. The quantitative estimate of drug-likeness (QED) is 0.799. The molecule has 116 valence electrons. The van der Waals surface area contributed by atoms with E-state index in [1.807, 2.05) is 0 Å². The molecule has 0 saturated carbocycles. The minimum atomic E-state index is 0.326. The largest absolute Gasteiger partial charge is 0.493 e. The summed E-state index contributed by atoms with van der Waals surface area (Å²) in [6.45, 7) is 4.82. The smallest absolute Gasteiger partial charge is 0.131 e. The van der Waals surface area contributed by atoms with Crippen LogP contribution < -0.4 is 4.74 Å². The Morgan fingerprint density at radius 1 is 1.30 bits per heavy atom. The second-order valence-electron chi connectivity index (χ2n) is 6.16. The van der Waals surface area contributed by atoms with Crippen molar-refractivity contribution in [3.8, 4) is 18.1 Å². The van der Waals surface area contributed by atoms with Gasteiger partial charge in [0.2, 0.25) is 0 Å². The molecule has 0 spiro atoms. The maximum atomic E-state index is 5.70. The molecule has 0 saturated heterocycles. The number of fused-ring (bicyclic) bond motifs is 2. The van der Waals surface area contributed by atoms with Gasteiger partial charge in [0.05, 0.1) is 24.2 Å². The minimum absolute atomic E-state index is 0.326. The van der Waals surface area contributed by atoms with E-state index in [1.54, 1.807) is 6.20 Å². The molecule has 2 aliphatic rings. The standard InChI is InChI=1S/C19H19N3O/c1-3-16-11-20-18-12-22(8-6-17(18)21-16)13(2)15-5-4-14-7-9-23-19(14)10-15/h1,4-5,10-11,13H,6-9,12H2,2H3. The molecule has 4 nitrogen and oxygen atoms in total. The number of ether oxygens (including phenoxy) is 1. The molecular formula is C19H19N3O. The molecular weight excluding hydrogens is 286 g/mol. The fraction of sp³-hybridized carbons (Fsp3) is 0.368. The van der Waals surface area contributed by atoms with Crippen molar-refractivity contribution in [2.24, 2.45) is 0 Å². The molecule has 23 heavy (non-hydrogen) atoms. The van der Waals surface area contributed by atoms with Gasteiger partial charge < -0.3 is 4.74 Å². The lowest BCUT2D eigenvalue weighted by Gasteiger charge is -2.33. The van der Waals surface area contributed by atoms with Crippen LogP contribution >= 0.6 is 0 Å². The SMILES string of the molecule is C#Cc1cnc2c(n1)CCN(C(C)c1ccc3c(c1)OCC3)C2. The Kier molecular flexibility index (Phi) is 3.51. The molecule has 1 unspecified atom stereocenters. The lowest BCUT2D eigenvalue weighted by molar-refractivity contribution is 0.187. The molecule has 2 aliphatic heterocycles. The van der Waals surface area contributed by atoms with Gasteiger partial charge in [0.1, 0.15) is 11.4 Å². The van der Waals surface area contributed by atoms with Gasteiger partial charge in [-0.05, 0) is 30.0 Å². The third kappa shape index (κ3) is 2.58. The molecule has 0 amide bonds. The van der Waals surface area contributed by atoms with Gasteiger partial charge >= 0.3 is 0 Å². The van der Waals surface area contributed by atoms with Crippen LogP contribution in [0.4, 0.5) is 0 Å². The molecule has 0 aliphatic carbocycles. The number of hydrogen-bond acceptors (Lipinski definition) is 4. The molecule has 0 fully saturated rings. The fourth-order valence-corrected chi connectivity index (χ4v) is 3.36. The number of rotatable bonds is 2. The Bertz CT molecular complexity index is 794. The molecule has 0 N–H and O–H groups in total. The highest BCUT2D eigenvalue weighted by Crippen LogP contribution is 2.32. The average molecular weight is 305 g/mol. The van der Waals surface area contributed by atoms with Crippen LogP contribution in [0.5, 0.6) is 5.75 Å². The van der Waals surface area contributed by atoms with Crippen LogP contribution in [-0.2, 0) is 19.4 Å². The first kappa shape index (κ1) is 14.2. The van der Waals surface area contributed by atoms with Gasteiger partial charge in [0.15, 0.2) is 0 Å². The van der Waals surface area contributed by atoms with E-state index in [0.717, 1.165) is 49.7 Å². The lowest BCUT2D eigenvalue weighted by atomic mass is 10.0. The molecule has 2 aromatic rings. The summed E-state index contributed by atoms with van der Waals surface area (Å²) in [5.74, 6) is 3.61. The van der Waals surface area contributed by atoms with E-state index in [-0.39, 0.29) is 0 Å². The molecule has 1 atom stereocenters. The second kappa shape index (κ2) is 5.68. The van der Waals surface area contributed by atoms with Crippen LogP contribution in [0.25, 0.3) is 0 Å². The Morgan fingerprint density at radius 2 is 2.22 bits per heavy atom. The Balaban J connectivity index is 1.56. The number of aromatic nitrogens is 2. The molecule has 4 heteroatoms. The van der Waals surface area contributed by atoms with E-state index in [9.17, 15) is 0 Å². The molecule has 0 bridgehead atoms. The van der Waals surface area contributed by atoms with Crippen LogP contribution in [0.1, 0.15) is 41.2 Å². The van der Waals surface area contributed by atoms with E-state index < -0.39 is 0 Å². The highest BCUT2D eigenvalue weighted by Gasteiger charge is 2.24. The third-order valence-electron chi connectivity index (χ3n) is 4.82. The number of hydrogen-bond donors (Lipinski definition) is 0. The zero-order valence-electron chi connectivity index (χ0n) is 13.2. The van der Waals surface area contributed by atoms with Crippen molar-refractivity contribution in [3.63, 3.8) is 0 Å². The summed E-state index contributed by atoms with van der Waals surface area (Å²) in [5, 5.41) is 0. The summed E-state index contributed by atoms with van der Waals surface area (Å²) < 4.78 is 5.70. The zero-order chi connectivity index (χ0) is 15.8. The Morgan fingerprint density at radius 3 is 3.09 bits per heavy atom. The van der Waals surface area contributed by atoms with Crippen molar-refractivity contribution in [1.29, 1.82) is 0 Å². The van der Waals surface area contributed by atoms with Gasteiger partial charge in [-0.1, -0.05) is 12.1 Å². The number of terminal acetylenes is 1. The maximum absolute atomic E-state index is 5.70. The van der Waals surface area contributed by atoms with Crippen molar-refractivity contribution >= 4 is 0 Å². The van der Waals surface area contributed by atoms with Crippen LogP contribution in [0.2, 0.25) is 0 Å². The van der Waals surface area contributed by atoms with Crippen LogP contribution in [0, 0.1) is 12.3 Å². The predicted molar refractivity (Wildman–Crippen MR) is 88.1 cm³/mol. The third-order valence-corrected chi connectivity index (χ3v) is 4.82. The normalized spacial score (nSPS) is 17.7. The van der Waals surface area contributed by atoms with Crippen LogP contribution in [0.15, 0.2) is 24.4 Å². The topological polar surface area (TPSA) is 38.2 Å². The lowest BCUT2D eigenvalue weighted by Crippen LogP contribution is -2.34. The van der Waals surface area contributed by atoms with E-state index in [2.05, 4.69) is 45.9 Å². The van der Waals surface area contributed by atoms with Crippen molar-refractivity contribution < 1.29 is 4.74 Å². The van der Waals surface area contributed by atoms with E-state index >= 15 is 0 Å². The molecule has 0 radical (unpaired) electrons. The average Bonchev–Trinajstić information content (AvgIpc) is 3.07. The fourth-order valence-electron chi connectivity index (χ4n) is 3.36. The van der Waals surface area contributed by atoms with Gasteiger partial charge in [-0.15, -0.1) is 6.42 Å². The van der Waals surface area contributed by atoms with Crippen molar-refractivity contribution in [2.45, 2.75) is 32.4 Å². The van der Waals surface area contributed by atoms with Gasteiger partial charge in [-0.2, -0.15) is 0 Å². The van der Waals surface area contributed by atoms with Gasteiger partial charge in [-0.3, -0.25) is 9.88 Å². The van der Waals surface area contributed by atoms with Gasteiger partial charge in [0.25, 0.3) is 0 Å². The van der Waals surface area contributed by atoms with E-state index in [1.165, 1.54) is 11.1 Å². The van der Waals surface area contributed by atoms with Crippen LogP contribution in [-0.4, -0.2) is 28.0 Å². The Hall–Kier alpha value is -2.38. The predicted octanol–water partition coefficient (Wildman–Crippen LogP) is 2.51. The molecule has 3 heterocycles. The first-order valence-electron chi connectivity index (χ1n) is 8.05. The zero-order valence-corrected chi connectivity index (χ0v) is 13.2. The summed E-state index contributed by atoms with van der Waals surface area (Å²) in [7, 11) is 0. The van der Waals surface area contributed by atoms with E-state index in [0.29, 0.717) is 11.7 Å². The summed E-state index contributed by atoms with van der Waals surface area (Å²) in [4.78, 5) is 11.4. The summed E-state index contributed by atoms with van der Waals surface area (Å²) in [6, 6.07) is 6.94. The Labute approximate surface area is 136 Å². The monoisotopic (exact) mass is 305 g/mol. The maximum Gasteiger partial charge on any atom is 0.131 e. The van der Waals surface area contributed by atoms with Crippen molar-refractivity contribution in [3.05, 3.63) is 52.6 Å². The number of nitrogens with zero attached hydrogens (tertiary/aromatic N) is 3. The van der Waals surface area contributed by atoms with Crippen LogP contribution in [0.3, 0.4) is 0 Å². The first-order valence-corrected chi connectivity index (χ1v) is 8.05. The molecule has 4 rings (SSSR count). The van der Waals surface area contributed by atoms with Crippen molar-refractivity contribution in [1.82, 2.24) is 14.9 Å². The molecule has 1 aromatic heterocycles.